The van der Waals surface area contributed by atoms with Gasteiger partial charge in [-0.25, -0.2) is 17.9 Å². The van der Waals surface area contributed by atoms with Crippen molar-refractivity contribution in [1.29, 1.82) is 0 Å². The summed E-state index contributed by atoms with van der Waals surface area (Å²) >= 11 is 0. The molecule has 0 fully saturated rings. The predicted molar refractivity (Wildman–Crippen MR) is 154 cm³/mol. The molecule has 0 saturated heterocycles. The number of aliphatic carboxylic acids is 1. The van der Waals surface area contributed by atoms with Crippen LogP contribution in [0.2, 0.25) is 0 Å². The molecule has 1 aliphatic rings. The Balaban J connectivity index is 1.36. The van der Waals surface area contributed by atoms with E-state index in [1.165, 1.54) is 18.2 Å². The van der Waals surface area contributed by atoms with Crippen molar-refractivity contribution in [2.75, 3.05) is 19.0 Å². The maximum absolute atomic E-state index is 13.4. The lowest BCUT2D eigenvalue weighted by atomic mass is 9.98. The van der Waals surface area contributed by atoms with Crippen LogP contribution in [0.15, 0.2) is 95.9 Å². The minimum Gasteiger partial charge on any atom is -0.479 e. The molecule has 1 unspecified atom stereocenters. The lowest BCUT2D eigenvalue weighted by molar-refractivity contribution is -0.139. The van der Waals surface area contributed by atoms with E-state index >= 15 is 0 Å². The first-order chi connectivity index (χ1) is 19.6. The SMILES string of the molecule is CN(C)c1ccc(S(=O)(=O)NCc2cccc(C(NC(=O)c3cccc4c3-c3ccccc3C4=O)C(=O)O)c2)cc1. The van der Waals surface area contributed by atoms with Crippen molar-refractivity contribution >= 4 is 33.4 Å². The molecule has 0 radical (unpaired) electrons. The van der Waals surface area contributed by atoms with Crippen molar-refractivity contribution < 1.29 is 27.9 Å². The first-order valence-corrected chi connectivity index (χ1v) is 14.2. The van der Waals surface area contributed by atoms with Crippen LogP contribution in [0.3, 0.4) is 0 Å². The minimum absolute atomic E-state index is 0.0863. The smallest absolute Gasteiger partial charge is 0.330 e. The van der Waals surface area contributed by atoms with E-state index in [0.717, 1.165) is 5.69 Å². The van der Waals surface area contributed by atoms with Gasteiger partial charge in [-0.1, -0.05) is 60.7 Å². The third-order valence-electron chi connectivity index (χ3n) is 6.93. The summed E-state index contributed by atoms with van der Waals surface area (Å²) in [6.07, 6.45) is 0. The number of anilines is 1. The average molecular weight is 570 g/mol. The molecular formula is C31H27N3O6S. The molecule has 9 nitrogen and oxygen atoms in total. The van der Waals surface area contributed by atoms with Gasteiger partial charge in [0, 0.05) is 48.6 Å². The molecule has 0 aliphatic heterocycles. The second-order valence-corrected chi connectivity index (χ2v) is 11.6. The Morgan fingerprint density at radius 2 is 1.51 bits per heavy atom. The van der Waals surface area contributed by atoms with Gasteiger partial charge >= 0.3 is 5.97 Å². The van der Waals surface area contributed by atoms with Crippen LogP contribution in [-0.4, -0.2) is 45.3 Å². The molecule has 4 aromatic rings. The number of rotatable bonds is 9. The number of carboxylic acid groups (broad SMARTS) is 1. The molecule has 0 spiro atoms. The number of amides is 1. The molecule has 5 rings (SSSR count). The second-order valence-electron chi connectivity index (χ2n) is 9.81. The topological polar surface area (TPSA) is 133 Å². The molecule has 0 aromatic heterocycles. The molecule has 1 aliphatic carbocycles. The van der Waals surface area contributed by atoms with Crippen LogP contribution in [0, 0.1) is 0 Å². The zero-order valence-corrected chi connectivity index (χ0v) is 23.1. The van der Waals surface area contributed by atoms with Gasteiger partial charge in [-0.15, -0.1) is 0 Å². The Labute approximate surface area is 237 Å². The average Bonchev–Trinajstić information content (AvgIpc) is 3.26. The fourth-order valence-electron chi connectivity index (χ4n) is 4.83. The van der Waals surface area contributed by atoms with Gasteiger partial charge in [0.1, 0.15) is 0 Å². The van der Waals surface area contributed by atoms with Gasteiger partial charge in [0.05, 0.1) is 4.90 Å². The summed E-state index contributed by atoms with van der Waals surface area (Å²) in [6, 6.07) is 23.1. The Hall–Kier alpha value is -4.80. The molecule has 3 N–H and O–H groups in total. The van der Waals surface area contributed by atoms with E-state index in [-0.39, 0.29) is 28.4 Å². The third kappa shape index (κ3) is 5.47. The predicted octanol–water partition coefficient (Wildman–Crippen LogP) is 4.00. The van der Waals surface area contributed by atoms with Crippen molar-refractivity contribution in [2.24, 2.45) is 0 Å². The Bertz CT molecular complexity index is 1780. The summed E-state index contributed by atoms with van der Waals surface area (Å²) in [5.74, 6) is -2.13. The van der Waals surface area contributed by atoms with E-state index in [2.05, 4.69) is 10.0 Å². The number of hydrogen-bond acceptors (Lipinski definition) is 6. The lowest BCUT2D eigenvalue weighted by Crippen LogP contribution is -2.34. The van der Waals surface area contributed by atoms with Gasteiger partial charge in [-0.2, -0.15) is 0 Å². The fraction of sp³-hybridized carbons (Fsp3) is 0.129. The van der Waals surface area contributed by atoms with E-state index in [9.17, 15) is 27.9 Å². The highest BCUT2D eigenvalue weighted by Crippen LogP contribution is 2.39. The number of nitrogens with one attached hydrogen (secondary N) is 2. The number of carbonyl (C=O) groups excluding carboxylic acids is 2. The summed E-state index contributed by atoms with van der Waals surface area (Å²) in [6.45, 7) is -0.0863. The summed E-state index contributed by atoms with van der Waals surface area (Å²) in [5.41, 5.74) is 3.79. The molecular weight excluding hydrogens is 542 g/mol. The number of nitrogens with zero attached hydrogens (tertiary/aromatic N) is 1. The molecule has 4 aromatic carbocycles. The number of ketones is 1. The van der Waals surface area contributed by atoms with Gasteiger partial charge in [0.2, 0.25) is 10.0 Å². The quantitative estimate of drug-likeness (QED) is 0.244. The standard InChI is InChI=1S/C31H27N3O6S/c1-34(2)21-13-15-22(16-14-21)41(39,40)32-18-19-7-5-8-20(17-19)28(31(37)38)33-30(36)26-12-6-11-25-27(26)23-9-3-4-10-24(23)29(25)35/h3-17,28,32H,18H2,1-2H3,(H,33,36)(H,37,38). The molecule has 0 saturated carbocycles. The summed E-state index contributed by atoms with van der Waals surface area (Å²) in [4.78, 5) is 40.4. The van der Waals surface area contributed by atoms with Crippen LogP contribution in [-0.2, 0) is 21.4 Å². The molecule has 41 heavy (non-hydrogen) atoms. The van der Waals surface area contributed by atoms with Crippen LogP contribution in [0.1, 0.15) is 43.4 Å². The molecule has 0 heterocycles. The maximum atomic E-state index is 13.4. The van der Waals surface area contributed by atoms with Gasteiger partial charge in [-0.3, -0.25) is 9.59 Å². The minimum atomic E-state index is -3.82. The number of hydrogen-bond donors (Lipinski definition) is 3. The van der Waals surface area contributed by atoms with E-state index in [1.54, 1.807) is 72.8 Å². The molecule has 10 heteroatoms. The van der Waals surface area contributed by atoms with Gasteiger partial charge in [-0.05, 0) is 47.0 Å². The monoisotopic (exact) mass is 569 g/mol. The highest BCUT2D eigenvalue weighted by atomic mass is 32.2. The third-order valence-corrected chi connectivity index (χ3v) is 8.35. The van der Waals surface area contributed by atoms with Crippen LogP contribution in [0.5, 0.6) is 0 Å². The zero-order valence-electron chi connectivity index (χ0n) is 22.3. The summed E-state index contributed by atoms with van der Waals surface area (Å²) < 4.78 is 28.2. The lowest BCUT2D eigenvalue weighted by Gasteiger charge is -2.17. The number of carboxylic acids is 1. The van der Waals surface area contributed by atoms with Crippen molar-refractivity contribution in [3.05, 3.63) is 119 Å². The van der Waals surface area contributed by atoms with Crippen molar-refractivity contribution in [3.8, 4) is 11.1 Å². The van der Waals surface area contributed by atoms with Crippen molar-refractivity contribution in [2.45, 2.75) is 17.5 Å². The zero-order chi connectivity index (χ0) is 29.3. The Morgan fingerprint density at radius 1 is 0.854 bits per heavy atom. The largest absolute Gasteiger partial charge is 0.479 e. The molecule has 0 bridgehead atoms. The van der Waals surface area contributed by atoms with Gasteiger partial charge < -0.3 is 15.3 Å². The van der Waals surface area contributed by atoms with Gasteiger partial charge in [0.15, 0.2) is 11.8 Å². The summed E-state index contributed by atoms with van der Waals surface area (Å²) in [5, 5.41) is 12.6. The van der Waals surface area contributed by atoms with E-state index in [1.807, 2.05) is 19.0 Å². The van der Waals surface area contributed by atoms with Crippen LogP contribution in [0.25, 0.3) is 11.1 Å². The van der Waals surface area contributed by atoms with Crippen LogP contribution >= 0.6 is 0 Å². The van der Waals surface area contributed by atoms with Crippen molar-refractivity contribution in [1.82, 2.24) is 10.0 Å². The molecule has 208 valence electrons. The Morgan fingerprint density at radius 3 is 2.20 bits per heavy atom. The highest BCUT2D eigenvalue weighted by Gasteiger charge is 2.31. The number of carbonyl (C=O) groups is 3. The fourth-order valence-corrected chi connectivity index (χ4v) is 5.85. The van der Waals surface area contributed by atoms with Crippen LogP contribution in [0.4, 0.5) is 5.69 Å². The van der Waals surface area contributed by atoms with Gasteiger partial charge in [0.25, 0.3) is 5.91 Å². The molecule has 1 atom stereocenters. The number of sulfonamides is 1. The first-order valence-electron chi connectivity index (χ1n) is 12.7. The molecule has 1 amide bonds. The first kappa shape index (κ1) is 27.8. The maximum Gasteiger partial charge on any atom is 0.330 e. The van der Waals surface area contributed by atoms with Crippen LogP contribution < -0.4 is 14.9 Å². The summed E-state index contributed by atoms with van der Waals surface area (Å²) in [7, 11) is -0.112. The number of fused-ring (bicyclic) bond motifs is 3. The van der Waals surface area contributed by atoms with E-state index in [4.69, 9.17) is 0 Å². The van der Waals surface area contributed by atoms with Crippen molar-refractivity contribution in [3.63, 3.8) is 0 Å². The highest BCUT2D eigenvalue weighted by molar-refractivity contribution is 7.89. The number of benzene rings is 4. The van der Waals surface area contributed by atoms with E-state index in [0.29, 0.717) is 27.8 Å². The van der Waals surface area contributed by atoms with E-state index < -0.39 is 27.9 Å². The second kappa shape index (κ2) is 11.0. The Kier molecular flexibility index (Phi) is 7.44. The normalized spacial score (nSPS) is 12.8.